The molecule has 0 aliphatic carbocycles. The van der Waals surface area contributed by atoms with E-state index in [2.05, 4.69) is 48.1 Å². The summed E-state index contributed by atoms with van der Waals surface area (Å²) >= 11 is 3.29. The Bertz CT molecular complexity index is 3030. The van der Waals surface area contributed by atoms with Crippen molar-refractivity contribution in [2.24, 2.45) is 0 Å². The lowest BCUT2D eigenvalue weighted by molar-refractivity contribution is -0.141. The number of carboxylic acid groups (broad SMARTS) is 2. The number of aryl methyl sites for hydroxylation is 6. The third-order valence-electron chi connectivity index (χ3n) is 12.9. The van der Waals surface area contributed by atoms with Crippen molar-refractivity contribution in [2.45, 2.75) is 120 Å². The molecule has 0 aliphatic heterocycles. The van der Waals surface area contributed by atoms with E-state index >= 15 is 0 Å². The molecule has 0 unspecified atom stereocenters. The van der Waals surface area contributed by atoms with E-state index in [0.717, 1.165) is 125 Å². The number of ether oxygens (including phenoxy) is 6. The first-order valence-corrected chi connectivity index (χ1v) is 27.9. The lowest BCUT2D eigenvalue weighted by atomic mass is 10.1. The predicted octanol–water partition coefficient (Wildman–Crippen LogP) is 14.5. The molecule has 0 saturated heterocycles. The summed E-state index contributed by atoms with van der Waals surface area (Å²) in [5.74, 6) is 3.06. The number of nitrogens with zero attached hydrogens (tertiary/aromatic N) is 4. The predicted molar refractivity (Wildman–Crippen MR) is 304 cm³/mol. The van der Waals surface area contributed by atoms with Gasteiger partial charge in [-0.1, -0.05) is 26.7 Å². The van der Waals surface area contributed by atoms with Gasteiger partial charge in [0.1, 0.15) is 45.1 Å². The van der Waals surface area contributed by atoms with Gasteiger partial charge in [-0.25, -0.2) is 19.6 Å². The molecule has 0 radical (unpaired) electrons. The molecule has 76 heavy (non-hydrogen) atoms. The largest absolute Gasteiger partial charge is 0.493 e. The summed E-state index contributed by atoms with van der Waals surface area (Å²) in [6.07, 6.45) is 9.17. The quantitative estimate of drug-likeness (QED) is 0.0494. The van der Waals surface area contributed by atoms with E-state index in [1.54, 1.807) is 45.7 Å². The Morgan fingerprint density at radius 2 is 0.934 bits per heavy atom. The average molecular weight is 1070 g/mol. The molecule has 404 valence electrons. The van der Waals surface area contributed by atoms with Gasteiger partial charge in [-0.3, -0.25) is 0 Å². The van der Waals surface area contributed by atoms with Crippen molar-refractivity contribution in [1.82, 2.24) is 19.1 Å². The van der Waals surface area contributed by atoms with E-state index in [0.29, 0.717) is 51.4 Å². The summed E-state index contributed by atoms with van der Waals surface area (Å²) in [6, 6.07) is 22.9. The highest BCUT2D eigenvalue weighted by molar-refractivity contribution is 7.15. The van der Waals surface area contributed by atoms with Crippen molar-refractivity contribution in [3.63, 3.8) is 0 Å². The first kappa shape index (κ1) is 56.7. The maximum Gasteiger partial charge on any atom is 0.326 e. The van der Waals surface area contributed by atoms with Crippen LogP contribution in [-0.4, -0.2) is 80.9 Å². The second-order valence-corrected chi connectivity index (χ2v) is 21.1. The summed E-state index contributed by atoms with van der Waals surface area (Å²) in [6.45, 7) is 23.0. The standard InChI is InChI=1S/2C30H36N2O5S/c2*1-6-9-22-16-23(29-31-28(35-7-2)21(5)38-29)10-13-27(22)37-15-8-14-36-24-11-12-26-25(17-24)19(3)18-32(26)20(4)30(33)34/h2*10-13,16-18,20H,6-9,14-15H2,1-5H3,(H,33,34)/t2*20-/m10/s1. The molecule has 0 fully saturated rings. The maximum atomic E-state index is 11.4. The number of thiazole rings is 2. The molecule has 16 heteroatoms. The fraction of sp³-hybridized carbons (Fsp3) is 0.400. The van der Waals surface area contributed by atoms with Crippen molar-refractivity contribution in [2.75, 3.05) is 39.6 Å². The number of hydrogen-bond donors (Lipinski definition) is 2. The van der Waals surface area contributed by atoms with Gasteiger partial charge in [-0.2, -0.15) is 0 Å². The molecule has 14 nitrogen and oxygen atoms in total. The molecule has 4 aromatic carbocycles. The number of carboxylic acids is 2. The van der Waals surface area contributed by atoms with Gasteiger partial charge in [-0.15, -0.1) is 22.7 Å². The Labute approximate surface area is 454 Å². The SMILES string of the molecule is CCCc1cc(-c2nc(OCC)c(C)s2)ccc1OCCCOc1ccc2c(c1)c(C)cn2[C@@H](C)C(=O)O.CCCc1cc(-c2nc(OCC)c(C)s2)ccc1OCCCOc1ccc2c(c1)c(C)cn2[C@H](C)C(=O)O. The zero-order valence-corrected chi connectivity index (χ0v) is 47.1. The minimum absolute atomic E-state index is 0.524. The molecule has 0 spiro atoms. The van der Waals surface area contributed by atoms with Crippen LogP contribution in [0, 0.1) is 27.7 Å². The van der Waals surface area contributed by atoms with E-state index in [4.69, 9.17) is 28.4 Å². The number of benzene rings is 4. The van der Waals surface area contributed by atoms with Crippen LogP contribution in [0.4, 0.5) is 0 Å². The summed E-state index contributed by atoms with van der Waals surface area (Å²) < 4.78 is 39.1. The highest BCUT2D eigenvalue weighted by Gasteiger charge is 2.20. The topological polar surface area (TPSA) is 166 Å². The molecule has 0 saturated carbocycles. The molecule has 2 N–H and O–H groups in total. The van der Waals surface area contributed by atoms with Gasteiger partial charge < -0.3 is 47.8 Å². The normalized spacial score (nSPS) is 12.0. The van der Waals surface area contributed by atoms with Gasteiger partial charge >= 0.3 is 11.9 Å². The van der Waals surface area contributed by atoms with Crippen LogP contribution < -0.4 is 28.4 Å². The summed E-state index contributed by atoms with van der Waals surface area (Å²) in [7, 11) is 0. The van der Waals surface area contributed by atoms with Gasteiger partial charge in [0.15, 0.2) is 0 Å². The molecule has 2 atom stereocenters. The van der Waals surface area contributed by atoms with Gasteiger partial charge in [0.05, 0.1) is 49.4 Å². The Kier molecular flexibility index (Phi) is 19.9. The van der Waals surface area contributed by atoms with Crippen LogP contribution in [0.5, 0.6) is 34.8 Å². The van der Waals surface area contributed by atoms with E-state index in [-0.39, 0.29) is 0 Å². The lowest BCUT2D eigenvalue weighted by Crippen LogP contribution is -2.14. The van der Waals surface area contributed by atoms with E-state index in [1.807, 2.05) is 102 Å². The number of hydrogen-bond acceptors (Lipinski definition) is 12. The van der Waals surface area contributed by atoms with Crippen molar-refractivity contribution >= 4 is 56.4 Å². The number of aromatic nitrogens is 4. The zero-order chi connectivity index (χ0) is 54.5. The van der Waals surface area contributed by atoms with Gasteiger partial charge in [0, 0.05) is 58.2 Å². The number of aliphatic carboxylic acids is 2. The smallest absolute Gasteiger partial charge is 0.326 e. The van der Waals surface area contributed by atoms with Crippen molar-refractivity contribution in [3.8, 4) is 55.9 Å². The summed E-state index contributed by atoms with van der Waals surface area (Å²) in [5, 5.41) is 22.7. The number of carbonyl (C=O) groups is 2. The lowest BCUT2D eigenvalue weighted by Gasteiger charge is -2.13. The molecule has 8 rings (SSSR count). The Morgan fingerprint density at radius 3 is 1.30 bits per heavy atom. The van der Waals surface area contributed by atoms with Crippen molar-refractivity contribution in [3.05, 3.63) is 117 Å². The first-order valence-electron chi connectivity index (χ1n) is 26.3. The maximum absolute atomic E-state index is 11.4. The summed E-state index contributed by atoms with van der Waals surface area (Å²) in [5.41, 5.74) is 8.35. The zero-order valence-electron chi connectivity index (χ0n) is 45.5. The Hall–Kier alpha value is -7.04. The first-order chi connectivity index (χ1) is 36.6. The van der Waals surface area contributed by atoms with Crippen molar-refractivity contribution in [1.29, 1.82) is 0 Å². The second-order valence-electron chi connectivity index (χ2n) is 18.7. The van der Waals surface area contributed by atoms with Crippen LogP contribution in [0.15, 0.2) is 85.2 Å². The summed E-state index contributed by atoms with van der Waals surface area (Å²) in [4.78, 5) is 34.4. The van der Waals surface area contributed by atoms with Crippen LogP contribution in [0.1, 0.15) is 111 Å². The minimum atomic E-state index is -0.854. The number of rotatable bonds is 26. The van der Waals surface area contributed by atoms with Crippen LogP contribution in [0.2, 0.25) is 0 Å². The average Bonchev–Trinajstić information content (AvgIpc) is 4.16. The molecule has 0 bridgehead atoms. The third-order valence-corrected chi connectivity index (χ3v) is 14.9. The highest BCUT2D eigenvalue weighted by Crippen LogP contribution is 2.37. The Morgan fingerprint density at radius 1 is 0.539 bits per heavy atom. The van der Waals surface area contributed by atoms with Crippen LogP contribution in [-0.2, 0) is 22.4 Å². The monoisotopic (exact) mass is 1070 g/mol. The van der Waals surface area contributed by atoms with E-state index in [9.17, 15) is 19.8 Å². The molecule has 4 heterocycles. The van der Waals surface area contributed by atoms with Gasteiger partial charge in [0.2, 0.25) is 11.8 Å². The highest BCUT2D eigenvalue weighted by atomic mass is 32.1. The van der Waals surface area contributed by atoms with Gasteiger partial charge in [0.25, 0.3) is 0 Å². The molecule has 0 aliphatic rings. The molecular weight excluding hydrogens is 1000 g/mol. The van der Waals surface area contributed by atoms with Crippen LogP contribution in [0.3, 0.4) is 0 Å². The molecule has 4 aromatic heterocycles. The number of fused-ring (bicyclic) bond motifs is 2. The third kappa shape index (κ3) is 13.9. The molecular formula is C60H72N4O10S2. The Balaban J connectivity index is 0.000000221. The van der Waals surface area contributed by atoms with Crippen LogP contribution >= 0.6 is 22.7 Å². The fourth-order valence-electron chi connectivity index (χ4n) is 8.92. The van der Waals surface area contributed by atoms with Crippen molar-refractivity contribution < 1.29 is 48.2 Å². The fourth-order valence-corrected chi connectivity index (χ4v) is 10.6. The minimum Gasteiger partial charge on any atom is -0.493 e. The molecule has 8 aromatic rings. The van der Waals surface area contributed by atoms with Crippen LogP contribution in [0.25, 0.3) is 42.9 Å². The van der Waals surface area contributed by atoms with E-state index < -0.39 is 24.0 Å². The van der Waals surface area contributed by atoms with Gasteiger partial charge in [-0.05, 0) is 163 Å². The van der Waals surface area contributed by atoms with E-state index in [1.165, 1.54) is 11.1 Å². The molecule has 0 amide bonds. The second kappa shape index (κ2) is 26.6.